The molecule has 1 aliphatic rings. The van der Waals surface area contributed by atoms with Crippen LogP contribution in [-0.2, 0) is 11.3 Å². The van der Waals surface area contributed by atoms with Crippen LogP contribution in [0.1, 0.15) is 11.1 Å². The molecule has 8 heteroatoms. The molecular formula is C29H17FN4O2S. The van der Waals surface area contributed by atoms with Gasteiger partial charge in [-0.25, -0.2) is 4.39 Å². The number of hydrogen-bond donors (Lipinski definition) is 0. The number of rotatable bonds is 3. The highest BCUT2D eigenvalue weighted by Gasteiger charge is 2.34. The first-order chi connectivity index (χ1) is 18.1. The summed E-state index contributed by atoms with van der Waals surface area (Å²) >= 11 is 1.14. The number of halogens is 1. The van der Waals surface area contributed by atoms with E-state index in [1.807, 2.05) is 54.6 Å². The largest absolute Gasteiger partial charge is 0.303 e. The van der Waals surface area contributed by atoms with Crippen molar-refractivity contribution in [1.29, 1.82) is 0 Å². The summed E-state index contributed by atoms with van der Waals surface area (Å²) in [5.41, 5.74) is 2.41. The van der Waals surface area contributed by atoms with Crippen LogP contribution in [0.4, 0.5) is 10.1 Å². The molecule has 4 aromatic carbocycles. The highest BCUT2D eigenvalue weighted by atomic mass is 32.1. The SMILES string of the molecule is O=C1/C(=c2\sc3nc(-c4cccc5ccccc45)nn3c2=O)c2ccccc2N1Cc1ccccc1F. The van der Waals surface area contributed by atoms with Crippen molar-refractivity contribution in [1.82, 2.24) is 14.6 Å². The number of para-hydroxylation sites is 1. The fraction of sp³-hybridized carbons (Fsp3) is 0.0345. The molecule has 0 saturated carbocycles. The number of amides is 1. The van der Waals surface area contributed by atoms with E-state index in [1.54, 1.807) is 30.3 Å². The van der Waals surface area contributed by atoms with Crippen molar-refractivity contribution in [3.8, 4) is 11.4 Å². The average molecular weight is 505 g/mol. The van der Waals surface area contributed by atoms with E-state index in [0.717, 1.165) is 27.7 Å². The van der Waals surface area contributed by atoms with Crippen LogP contribution in [0, 0.1) is 5.82 Å². The van der Waals surface area contributed by atoms with Crippen molar-refractivity contribution in [2.24, 2.45) is 0 Å². The van der Waals surface area contributed by atoms with Gasteiger partial charge in [0, 0.05) is 16.7 Å². The van der Waals surface area contributed by atoms with E-state index in [0.29, 0.717) is 33.2 Å². The third kappa shape index (κ3) is 3.30. The van der Waals surface area contributed by atoms with Crippen molar-refractivity contribution in [3.05, 3.63) is 123 Å². The zero-order valence-electron chi connectivity index (χ0n) is 19.3. The minimum atomic E-state index is -0.398. The van der Waals surface area contributed by atoms with E-state index in [2.05, 4.69) is 10.1 Å². The van der Waals surface area contributed by atoms with Crippen LogP contribution < -0.4 is 15.0 Å². The summed E-state index contributed by atoms with van der Waals surface area (Å²) in [5, 5.41) is 6.57. The number of carbonyl (C=O) groups is 1. The van der Waals surface area contributed by atoms with Gasteiger partial charge in [-0.2, -0.15) is 9.50 Å². The van der Waals surface area contributed by atoms with Crippen LogP contribution in [-0.4, -0.2) is 20.5 Å². The Morgan fingerprint density at radius 3 is 2.41 bits per heavy atom. The third-order valence-electron chi connectivity index (χ3n) is 6.62. The zero-order valence-corrected chi connectivity index (χ0v) is 20.1. The Bertz CT molecular complexity index is 1990. The molecule has 6 aromatic rings. The lowest BCUT2D eigenvalue weighted by Crippen LogP contribution is -2.32. The number of aromatic nitrogens is 3. The van der Waals surface area contributed by atoms with Gasteiger partial charge in [0.15, 0.2) is 5.82 Å². The molecule has 3 heterocycles. The maximum absolute atomic E-state index is 14.4. The Morgan fingerprint density at radius 1 is 0.811 bits per heavy atom. The lowest BCUT2D eigenvalue weighted by atomic mass is 10.0. The Labute approximate surface area is 213 Å². The number of hydrogen-bond acceptors (Lipinski definition) is 5. The fourth-order valence-corrected chi connectivity index (χ4v) is 5.87. The summed E-state index contributed by atoms with van der Waals surface area (Å²) in [5.74, 6) is -0.276. The van der Waals surface area contributed by atoms with Crippen molar-refractivity contribution < 1.29 is 9.18 Å². The first kappa shape index (κ1) is 21.6. The van der Waals surface area contributed by atoms with E-state index in [-0.39, 0.29) is 22.8 Å². The Hall–Kier alpha value is -4.69. The molecule has 7 rings (SSSR count). The summed E-state index contributed by atoms with van der Waals surface area (Å²) in [6.45, 7) is 0.0617. The maximum Gasteiger partial charge on any atom is 0.291 e. The predicted molar refractivity (Wildman–Crippen MR) is 142 cm³/mol. The highest BCUT2D eigenvalue weighted by Crippen LogP contribution is 2.36. The van der Waals surface area contributed by atoms with E-state index < -0.39 is 5.56 Å². The first-order valence-corrected chi connectivity index (χ1v) is 12.5. The minimum Gasteiger partial charge on any atom is -0.303 e. The van der Waals surface area contributed by atoms with Crippen molar-refractivity contribution in [3.63, 3.8) is 0 Å². The minimum absolute atomic E-state index is 0.0617. The molecule has 6 nitrogen and oxygen atoms in total. The molecule has 0 atom stereocenters. The lowest BCUT2D eigenvalue weighted by Gasteiger charge is -2.17. The molecule has 2 aromatic heterocycles. The van der Waals surface area contributed by atoms with Crippen LogP contribution >= 0.6 is 11.3 Å². The normalized spacial score (nSPS) is 14.6. The third-order valence-corrected chi connectivity index (χ3v) is 7.65. The molecule has 0 spiro atoms. The molecule has 0 bridgehead atoms. The lowest BCUT2D eigenvalue weighted by molar-refractivity contribution is -0.113. The van der Waals surface area contributed by atoms with Gasteiger partial charge < -0.3 is 4.90 Å². The van der Waals surface area contributed by atoms with Gasteiger partial charge in [0.2, 0.25) is 4.96 Å². The fourth-order valence-electron chi connectivity index (χ4n) is 4.87. The van der Waals surface area contributed by atoms with Gasteiger partial charge in [0.05, 0.1) is 17.8 Å². The quantitative estimate of drug-likeness (QED) is 0.354. The molecule has 178 valence electrons. The second-order valence-corrected chi connectivity index (χ2v) is 9.75. The molecule has 1 aliphatic heterocycles. The molecular weight excluding hydrogens is 487 g/mol. The first-order valence-electron chi connectivity index (χ1n) is 11.7. The Kier molecular flexibility index (Phi) is 4.77. The van der Waals surface area contributed by atoms with Crippen LogP contribution in [0.2, 0.25) is 0 Å². The summed E-state index contributed by atoms with van der Waals surface area (Å²) in [6, 6.07) is 27.4. The van der Waals surface area contributed by atoms with Gasteiger partial charge in [-0.1, -0.05) is 90.2 Å². The predicted octanol–water partition coefficient (Wildman–Crippen LogP) is 4.58. The number of nitrogens with zero attached hydrogens (tertiary/aromatic N) is 4. The number of benzene rings is 4. The Balaban J connectivity index is 1.39. The maximum atomic E-state index is 14.4. The number of carbonyl (C=O) groups excluding carboxylic acids is 1. The van der Waals surface area contributed by atoms with Crippen molar-refractivity contribution in [2.45, 2.75) is 6.54 Å². The second-order valence-electron chi connectivity index (χ2n) is 8.77. The molecule has 37 heavy (non-hydrogen) atoms. The standard InChI is InChI=1S/C29H17FN4O2S/c30-22-14-5-2-9-18(22)16-33-23-15-6-4-12-21(23)24(27(33)35)25-28(36)34-29(37-25)31-26(32-34)20-13-7-10-17-8-1-3-11-19(17)20/h1-15H,16H2/b25-24-. The summed E-state index contributed by atoms with van der Waals surface area (Å²) in [7, 11) is 0. The van der Waals surface area contributed by atoms with E-state index in [9.17, 15) is 14.0 Å². The molecule has 1 amide bonds. The molecule has 0 unspecified atom stereocenters. The Morgan fingerprint density at radius 2 is 1.54 bits per heavy atom. The van der Waals surface area contributed by atoms with Gasteiger partial charge >= 0.3 is 0 Å². The van der Waals surface area contributed by atoms with Crippen LogP contribution in [0.25, 0.3) is 32.7 Å². The second kappa shape index (κ2) is 8.18. The zero-order chi connectivity index (χ0) is 25.1. The van der Waals surface area contributed by atoms with E-state index in [4.69, 9.17) is 0 Å². The van der Waals surface area contributed by atoms with Crippen LogP contribution in [0.3, 0.4) is 0 Å². The van der Waals surface area contributed by atoms with Gasteiger partial charge in [-0.05, 0) is 22.9 Å². The molecule has 0 aliphatic carbocycles. The van der Waals surface area contributed by atoms with Crippen LogP contribution in [0.5, 0.6) is 0 Å². The summed E-state index contributed by atoms with van der Waals surface area (Å²) < 4.78 is 15.9. The van der Waals surface area contributed by atoms with Gasteiger partial charge in [-0.15, -0.1) is 5.10 Å². The average Bonchev–Trinajstić information content (AvgIpc) is 3.55. The van der Waals surface area contributed by atoms with E-state index in [1.165, 1.54) is 15.5 Å². The monoisotopic (exact) mass is 504 g/mol. The highest BCUT2D eigenvalue weighted by molar-refractivity contribution is 7.15. The summed E-state index contributed by atoms with van der Waals surface area (Å²) in [4.78, 5) is 33.7. The van der Waals surface area contributed by atoms with Gasteiger partial charge in [-0.3, -0.25) is 9.59 Å². The van der Waals surface area contributed by atoms with Gasteiger partial charge in [0.25, 0.3) is 11.5 Å². The van der Waals surface area contributed by atoms with Crippen LogP contribution in [0.15, 0.2) is 95.8 Å². The number of fused-ring (bicyclic) bond motifs is 3. The molecule has 0 radical (unpaired) electrons. The smallest absolute Gasteiger partial charge is 0.291 e. The van der Waals surface area contributed by atoms with Crippen molar-refractivity contribution in [2.75, 3.05) is 4.90 Å². The number of anilines is 1. The topological polar surface area (TPSA) is 67.6 Å². The number of thiazole rings is 1. The van der Waals surface area contributed by atoms with Crippen molar-refractivity contribution >= 4 is 44.2 Å². The molecule has 0 fully saturated rings. The van der Waals surface area contributed by atoms with Gasteiger partial charge in [0.1, 0.15) is 10.3 Å². The molecule has 0 N–H and O–H groups in total. The summed E-state index contributed by atoms with van der Waals surface area (Å²) in [6.07, 6.45) is 0. The molecule has 0 saturated heterocycles. The van der Waals surface area contributed by atoms with E-state index >= 15 is 0 Å².